The minimum atomic E-state index is -0.195. The monoisotopic (exact) mass is 364 g/mol. The molecule has 1 N–H and O–H groups in total. The molecule has 3 aromatic rings. The van der Waals surface area contributed by atoms with Crippen molar-refractivity contribution in [1.82, 2.24) is 14.9 Å². The predicted molar refractivity (Wildman–Crippen MR) is 103 cm³/mol. The zero-order chi connectivity index (χ0) is 17.9. The summed E-state index contributed by atoms with van der Waals surface area (Å²) in [6.07, 6.45) is 1.85. The summed E-state index contributed by atoms with van der Waals surface area (Å²) in [7, 11) is 0. The number of nitrogens with zero attached hydrogens (tertiary/aromatic N) is 3. The second-order valence-corrected chi connectivity index (χ2v) is 6.86. The standard InChI is InChI=1S/C19H16N4O2S/c24-17-10-16(13-6-2-1-3-7-13)21-19(22-17)26-12-23-11-20-15-9-5-4-8-14(15)18(23)25/h1-9,11,16H,10,12H2,(H,21,22,24)/t16-/m1/s1. The van der Waals surface area contributed by atoms with Crippen molar-refractivity contribution in [3.63, 3.8) is 0 Å². The molecule has 1 atom stereocenters. The molecule has 0 saturated heterocycles. The van der Waals surface area contributed by atoms with Crippen LogP contribution in [0.25, 0.3) is 10.9 Å². The molecule has 0 aliphatic carbocycles. The van der Waals surface area contributed by atoms with Crippen LogP contribution in [0.4, 0.5) is 0 Å². The minimum absolute atomic E-state index is 0.0691. The Morgan fingerprint density at radius 3 is 2.69 bits per heavy atom. The molecule has 2 heterocycles. The smallest absolute Gasteiger partial charge is 0.261 e. The average molecular weight is 364 g/mol. The number of nitrogens with one attached hydrogen (secondary N) is 1. The number of rotatable bonds is 3. The van der Waals surface area contributed by atoms with Gasteiger partial charge in [0.25, 0.3) is 5.56 Å². The van der Waals surface area contributed by atoms with Gasteiger partial charge in [-0.3, -0.25) is 19.1 Å². The Kier molecular flexibility index (Phi) is 4.53. The number of carbonyl (C=O) groups excluding carboxylic acids is 1. The normalized spacial score (nSPS) is 17.0. The van der Waals surface area contributed by atoms with Crippen LogP contribution in [0.3, 0.4) is 0 Å². The number of hydrogen-bond donors (Lipinski definition) is 1. The number of amides is 1. The van der Waals surface area contributed by atoms with E-state index in [0.717, 1.165) is 5.56 Å². The summed E-state index contributed by atoms with van der Waals surface area (Å²) in [5.74, 6) is 0.262. The number of thioether (sulfide) groups is 1. The average Bonchev–Trinajstić information content (AvgIpc) is 2.68. The fraction of sp³-hybridized carbons (Fsp3) is 0.158. The third-order valence-corrected chi connectivity index (χ3v) is 5.04. The molecule has 1 aromatic heterocycles. The molecule has 7 heteroatoms. The van der Waals surface area contributed by atoms with Crippen LogP contribution in [0.5, 0.6) is 0 Å². The zero-order valence-electron chi connectivity index (χ0n) is 13.8. The lowest BCUT2D eigenvalue weighted by Crippen LogP contribution is -2.34. The quantitative estimate of drug-likeness (QED) is 0.775. The molecule has 1 aliphatic heterocycles. The highest BCUT2D eigenvalue weighted by atomic mass is 32.2. The molecule has 0 fully saturated rings. The molecule has 0 spiro atoms. The second-order valence-electron chi connectivity index (χ2n) is 5.92. The van der Waals surface area contributed by atoms with Gasteiger partial charge in [0.2, 0.25) is 5.91 Å². The Labute approximate surface area is 154 Å². The molecule has 0 bridgehead atoms. The summed E-state index contributed by atoms with van der Waals surface area (Å²) >= 11 is 1.32. The van der Waals surface area contributed by atoms with E-state index in [1.54, 1.807) is 6.07 Å². The number of hydrogen-bond acceptors (Lipinski definition) is 5. The molecule has 26 heavy (non-hydrogen) atoms. The van der Waals surface area contributed by atoms with E-state index < -0.39 is 0 Å². The van der Waals surface area contributed by atoms with E-state index in [2.05, 4.69) is 15.3 Å². The van der Waals surface area contributed by atoms with Crippen LogP contribution in [0, 0.1) is 0 Å². The molecule has 0 radical (unpaired) electrons. The maximum Gasteiger partial charge on any atom is 0.261 e. The minimum Gasteiger partial charge on any atom is -0.305 e. The Hall–Kier alpha value is -2.93. The van der Waals surface area contributed by atoms with Gasteiger partial charge in [-0.2, -0.15) is 0 Å². The van der Waals surface area contributed by atoms with Crippen LogP contribution >= 0.6 is 11.8 Å². The van der Waals surface area contributed by atoms with Gasteiger partial charge in [-0.05, 0) is 17.7 Å². The van der Waals surface area contributed by atoms with Gasteiger partial charge < -0.3 is 5.32 Å². The van der Waals surface area contributed by atoms with Gasteiger partial charge in [0.1, 0.15) is 0 Å². The summed E-state index contributed by atoms with van der Waals surface area (Å²) in [6.45, 7) is 0. The van der Waals surface area contributed by atoms with E-state index in [9.17, 15) is 9.59 Å². The van der Waals surface area contributed by atoms with Crippen molar-refractivity contribution >= 4 is 33.7 Å². The van der Waals surface area contributed by atoms with Crippen LogP contribution < -0.4 is 10.9 Å². The third-order valence-electron chi connectivity index (χ3n) is 4.15. The largest absolute Gasteiger partial charge is 0.305 e. The van der Waals surface area contributed by atoms with Crippen molar-refractivity contribution in [2.45, 2.75) is 18.3 Å². The summed E-state index contributed by atoms with van der Waals surface area (Å²) in [6, 6.07) is 16.8. The number of benzene rings is 2. The highest BCUT2D eigenvalue weighted by molar-refractivity contribution is 8.13. The van der Waals surface area contributed by atoms with E-state index in [4.69, 9.17) is 0 Å². The first-order valence-corrected chi connectivity index (χ1v) is 9.19. The highest BCUT2D eigenvalue weighted by Gasteiger charge is 2.22. The summed E-state index contributed by atoms with van der Waals surface area (Å²) < 4.78 is 1.52. The molecule has 0 saturated carbocycles. The number of para-hydroxylation sites is 1. The topological polar surface area (TPSA) is 76.3 Å². The number of fused-ring (bicyclic) bond motifs is 1. The summed E-state index contributed by atoms with van der Waals surface area (Å²) in [5, 5.41) is 3.88. The fourth-order valence-corrected chi connectivity index (χ4v) is 3.67. The number of aliphatic imine (C=N–C) groups is 1. The lowest BCUT2D eigenvalue weighted by atomic mass is 10.0. The number of amidine groups is 1. The van der Waals surface area contributed by atoms with Gasteiger partial charge in [-0.15, -0.1) is 0 Å². The molecule has 130 valence electrons. The van der Waals surface area contributed by atoms with Crippen molar-refractivity contribution in [2.75, 3.05) is 0 Å². The van der Waals surface area contributed by atoms with Gasteiger partial charge in [-0.1, -0.05) is 54.2 Å². The Bertz CT molecular complexity index is 1050. The van der Waals surface area contributed by atoms with Gasteiger partial charge in [-0.25, -0.2) is 4.98 Å². The lowest BCUT2D eigenvalue weighted by Gasteiger charge is -2.21. The van der Waals surface area contributed by atoms with Gasteiger partial charge in [0, 0.05) is 0 Å². The first kappa shape index (κ1) is 16.5. The number of carbonyl (C=O) groups is 1. The SMILES string of the molecule is O=C1C[C@H](c2ccccc2)N=C(SCn2cnc3ccccc3c2=O)N1. The maximum atomic E-state index is 12.5. The van der Waals surface area contributed by atoms with Crippen molar-refractivity contribution in [3.8, 4) is 0 Å². The second kappa shape index (κ2) is 7.13. The molecule has 6 nitrogen and oxygen atoms in total. The van der Waals surface area contributed by atoms with Crippen LogP contribution in [0.2, 0.25) is 0 Å². The summed E-state index contributed by atoms with van der Waals surface area (Å²) in [5.41, 5.74) is 1.57. The first-order valence-electron chi connectivity index (χ1n) is 8.20. The van der Waals surface area contributed by atoms with Crippen LogP contribution in [0.15, 0.2) is 70.7 Å². The molecule has 4 rings (SSSR count). The van der Waals surface area contributed by atoms with E-state index in [-0.39, 0.29) is 17.5 Å². The lowest BCUT2D eigenvalue weighted by molar-refractivity contribution is -0.120. The van der Waals surface area contributed by atoms with E-state index in [0.29, 0.717) is 28.4 Å². The van der Waals surface area contributed by atoms with Crippen molar-refractivity contribution in [1.29, 1.82) is 0 Å². The molecule has 2 aromatic carbocycles. The first-order chi connectivity index (χ1) is 12.7. The van der Waals surface area contributed by atoms with E-state index in [1.165, 1.54) is 22.7 Å². The van der Waals surface area contributed by atoms with Crippen LogP contribution in [-0.4, -0.2) is 20.6 Å². The van der Waals surface area contributed by atoms with E-state index in [1.807, 2.05) is 48.5 Å². The molecule has 1 aliphatic rings. The number of aromatic nitrogens is 2. The van der Waals surface area contributed by atoms with Gasteiger partial charge in [0.05, 0.1) is 35.6 Å². The molecular weight excluding hydrogens is 348 g/mol. The van der Waals surface area contributed by atoms with Crippen molar-refractivity contribution < 1.29 is 4.79 Å². The van der Waals surface area contributed by atoms with Gasteiger partial charge in [0.15, 0.2) is 5.17 Å². The fourth-order valence-electron chi connectivity index (χ4n) is 2.84. The predicted octanol–water partition coefficient (Wildman–Crippen LogP) is 2.70. The molecule has 1 amide bonds. The molecule has 0 unspecified atom stereocenters. The van der Waals surface area contributed by atoms with Gasteiger partial charge >= 0.3 is 0 Å². The molecular formula is C19H16N4O2S. The van der Waals surface area contributed by atoms with Crippen molar-refractivity contribution in [3.05, 3.63) is 76.8 Å². The van der Waals surface area contributed by atoms with Crippen LogP contribution in [-0.2, 0) is 10.7 Å². The summed E-state index contributed by atoms with van der Waals surface area (Å²) in [4.78, 5) is 33.5. The zero-order valence-corrected chi connectivity index (χ0v) is 14.6. The third kappa shape index (κ3) is 3.39. The Morgan fingerprint density at radius 2 is 1.85 bits per heavy atom. The Balaban J connectivity index is 1.55. The Morgan fingerprint density at radius 1 is 1.08 bits per heavy atom. The van der Waals surface area contributed by atoms with E-state index >= 15 is 0 Å². The maximum absolute atomic E-state index is 12.5. The highest BCUT2D eigenvalue weighted by Crippen LogP contribution is 2.25. The van der Waals surface area contributed by atoms with Crippen LogP contribution in [0.1, 0.15) is 18.0 Å². The van der Waals surface area contributed by atoms with Crippen molar-refractivity contribution in [2.24, 2.45) is 4.99 Å².